The maximum atomic E-state index is 13.6. The van der Waals surface area contributed by atoms with Crippen LogP contribution in [-0.4, -0.2) is 22.8 Å². The van der Waals surface area contributed by atoms with Crippen molar-refractivity contribution >= 4 is 18.2 Å². The Labute approximate surface area is 171 Å². The Balaban J connectivity index is 1.78. The van der Waals surface area contributed by atoms with Gasteiger partial charge in [-0.1, -0.05) is 45.4 Å². The maximum absolute atomic E-state index is 13.6. The lowest BCUT2D eigenvalue weighted by molar-refractivity contribution is 0.0596. The van der Waals surface area contributed by atoms with Crippen molar-refractivity contribution in [3.63, 3.8) is 0 Å². The van der Waals surface area contributed by atoms with Gasteiger partial charge < -0.3 is 4.43 Å². The van der Waals surface area contributed by atoms with E-state index in [-0.39, 0.29) is 16.6 Å². The van der Waals surface area contributed by atoms with Gasteiger partial charge in [-0.3, -0.25) is 0 Å². The first-order valence-corrected chi connectivity index (χ1v) is 15.1. The monoisotopic (exact) mass is 418 g/mol. The van der Waals surface area contributed by atoms with Crippen molar-refractivity contribution in [2.75, 3.05) is 0 Å². The smallest absolute Gasteiger partial charge is 0.202 e. The van der Waals surface area contributed by atoms with E-state index in [1.807, 2.05) is 18.2 Å². The molecule has 0 radical (unpaired) electrons. The minimum Gasteiger partial charge on any atom is -0.413 e. The molecule has 3 nitrogen and oxygen atoms in total. The number of sulfone groups is 1. The number of benzene rings is 1. The van der Waals surface area contributed by atoms with E-state index in [1.165, 1.54) is 18.4 Å². The van der Waals surface area contributed by atoms with Gasteiger partial charge in [0.25, 0.3) is 0 Å². The number of hydrogen-bond acceptors (Lipinski definition) is 3. The molecular weight excluding hydrogens is 384 g/mol. The molecule has 0 bridgehead atoms. The summed E-state index contributed by atoms with van der Waals surface area (Å²) in [6.07, 6.45) is 6.18. The summed E-state index contributed by atoms with van der Waals surface area (Å²) >= 11 is 0. The molecule has 0 heterocycles. The van der Waals surface area contributed by atoms with Crippen molar-refractivity contribution in [2.45, 2.75) is 88.4 Å². The highest BCUT2D eigenvalue weighted by Crippen LogP contribution is 2.66. The summed E-state index contributed by atoms with van der Waals surface area (Å²) in [6.45, 7) is 11.4. The van der Waals surface area contributed by atoms with Crippen molar-refractivity contribution in [3.05, 3.63) is 40.8 Å². The van der Waals surface area contributed by atoms with Crippen LogP contribution in [0.3, 0.4) is 0 Å². The molecule has 2 fully saturated rings. The van der Waals surface area contributed by atoms with Crippen molar-refractivity contribution < 1.29 is 12.8 Å². The Kier molecular flexibility index (Phi) is 4.76. The van der Waals surface area contributed by atoms with E-state index in [4.69, 9.17) is 4.43 Å². The third-order valence-electron chi connectivity index (χ3n) is 8.08. The van der Waals surface area contributed by atoms with E-state index < -0.39 is 18.2 Å². The van der Waals surface area contributed by atoms with Crippen LogP contribution in [-0.2, 0) is 14.3 Å². The largest absolute Gasteiger partial charge is 0.413 e. The van der Waals surface area contributed by atoms with Crippen molar-refractivity contribution in [3.8, 4) is 0 Å². The molecule has 154 valence electrons. The molecule has 28 heavy (non-hydrogen) atoms. The second kappa shape index (κ2) is 6.54. The SMILES string of the molecule is CC(C)(C)[Si](C)(C)OC1CC(S(=O)(=O)c2ccccc2)=C2CCC3CCCC231. The van der Waals surface area contributed by atoms with Crippen LogP contribution in [0.4, 0.5) is 0 Å². The van der Waals surface area contributed by atoms with E-state index >= 15 is 0 Å². The number of rotatable bonds is 4. The fourth-order valence-electron chi connectivity index (χ4n) is 5.64. The van der Waals surface area contributed by atoms with Gasteiger partial charge in [-0.25, -0.2) is 8.42 Å². The summed E-state index contributed by atoms with van der Waals surface area (Å²) in [6, 6.07) is 8.98. The highest BCUT2D eigenvalue weighted by atomic mass is 32.2. The van der Waals surface area contributed by atoms with E-state index in [0.29, 0.717) is 22.1 Å². The Bertz CT molecular complexity index is 896. The molecule has 0 saturated heterocycles. The molecule has 3 atom stereocenters. The molecule has 5 heteroatoms. The normalized spacial score (nSPS) is 30.6. The van der Waals surface area contributed by atoms with Crippen LogP contribution in [0.15, 0.2) is 45.7 Å². The van der Waals surface area contributed by atoms with Gasteiger partial charge in [0.05, 0.1) is 15.9 Å². The first-order valence-electron chi connectivity index (χ1n) is 10.7. The first-order chi connectivity index (χ1) is 13.0. The molecule has 1 spiro atoms. The molecule has 3 aliphatic rings. The second-order valence-corrected chi connectivity index (χ2v) is 17.2. The lowest BCUT2D eigenvalue weighted by Crippen LogP contribution is -2.48. The quantitative estimate of drug-likeness (QED) is 0.556. The molecule has 0 aromatic heterocycles. The van der Waals surface area contributed by atoms with Crippen molar-refractivity contribution in [1.29, 1.82) is 0 Å². The van der Waals surface area contributed by atoms with Crippen LogP contribution in [0.25, 0.3) is 0 Å². The summed E-state index contributed by atoms with van der Waals surface area (Å²) in [4.78, 5) is 1.12. The lowest BCUT2D eigenvalue weighted by Gasteiger charge is -2.44. The van der Waals surface area contributed by atoms with Crippen molar-refractivity contribution in [1.82, 2.24) is 0 Å². The zero-order valence-corrected chi connectivity index (χ0v) is 19.7. The van der Waals surface area contributed by atoms with Crippen LogP contribution in [0.5, 0.6) is 0 Å². The Morgan fingerprint density at radius 2 is 1.79 bits per heavy atom. The molecule has 2 saturated carbocycles. The molecule has 4 rings (SSSR count). The molecule has 0 aliphatic heterocycles. The van der Waals surface area contributed by atoms with E-state index in [2.05, 4.69) is 33.9 Å². The van der Waals surface area contributed by atoms with Gasteiger partial charge in [-0.2, -0.15) is 0 Å². The van der Waals surface area contributed by atoms with Crippen molar-refractivity contribution in [2.24, 2.45) is 11.3 Å². The minimum atomic E-state index is -3.45. The molecule has 1 aromatic carbocycles. The van der Waals surface area contributed by atoms with Gasteiger partial charge in [0.15, 0.2) is 8.32 Å². The van der Waals surface area contributed by atoms with E-state index in [1.54, 1.807) is 12.1 Å². The fourth-order valence-corrected chi connectivity index (χ4v) is 8.78. The van der Waals surface area contributed by atoms with Crippen LogP contribution < -0.4 is 0 Å². The van der Waals surface area contributed by atoms with Gasteiger partial charge in [-0.05, 0) is 67.4 Å². The van der Waals surface area contributed by atoms with E-state index in [0.717, 1.165) is 19.3 Å². The van der Waals surface area contributed by atoms with E-state index in [9.17, 15) is 8.42 Å². The number of hydrogen-bond donors (Lipinski definition) is 0. The van der Waals surface area contributed by atoms with Crippen LogP contribution in [0.2, 0.25) is 18.1 Å². The zero-order chi connectivity index (χ0) is 20.4. The van der Waals surface area contributed by atoms with Crippen LogP contribution >= 0.6 is 0 Å². The summed E-state index contributed by atoms with van der Waals surface area (Å²) in [7, 11) is -5.43. The summed E-state index contributed by atoms with van der Waals surface area (Å²) < 4.78 is 34.1. The second-order valence-electron chi connectivity index (χ2n) is 10.5. The van der Waals surface area contributed by atoms with Crippen LogP contribution in [0.1, 0.15) is 59.3 Å². The van der Waals surface area contributed by atoms with Gasteiger partial charge in [0.2, 0.25) is 9.84 Å². The summed E-state index contributed by atoms with van der Waals surface area (Å²) in [5, 5.41) is 0.123. The molecule has 3 unspecified atom stereocenters. The first kappa shape index (κ1) is 20.4. The molecule has 0 amide bonds. The molecular formula is C23H34O3SSi. The van der Waals surface area contributed by atoms with Gasteiger partial charge in [0, 0.05) is 11.8 Å². The minimum absolute atomic E-state index is 0.0211. The maximum Gasteiger partial charge on any atom is 0.202 e. The van der Waals surface area contributed by atoms with Gasteiger partial charge >= 0.3 is 0 Å². The predicted octanol–water partition coefficient (Wildman–Crippen LogP) is 6.09. The third kappa shape index (κ3) is 2.88. The highest BCUT2D eigenvalue weighted by Gasteiger charge is 2.61. The van der Waals surface area contributed by atoms with Gasteiger partial charge in [0.1, 0.15) is 0 Å². The Hall–Kier alpha value is -0.913. The zero-order valence-electron chi connectivity index (χ0n) is 17.9. The molecule has 0 N–H and O–H groups in total. The predicted molar refractivity (Wildman–Crippen MR) is 116 cm³/mol. The standard InChI is InChI=1S/C23H34O3SSi/c1-22(2,3)28(4,5)26-21-16-20(27(24,25)18-11-7-6-8-12-18)19-14-13-17-10-9-15-23(17,19)21/h6-8,11-12,17,21H,9-10,13-16H2,1-5H3. The fraction of sp³-hybridized carbons (Fsp3) is 0.652. The van der Waals surface area contributed by atoms with Gasteiger partial charge in [-0.15, -0.1) is 0 Å². The highest BCUT2D eigenvalue weighted by molar-refractivity contribution is 7.95. The Morgan fingerprint density at radius 1 is 1.11 bits per heavy atom. The summed E-state index contributed by atoms with van der Waals surface area (Å²) in [5.74, 6) is 0.598. The topological polar surface area (TPSA) is 43.4 Å². The average Bonchev–Trinajstić information content (AvgIpc) is 3.25. The Morgan fingerprint density at radius 3 is 2.43 bits per heavy atom. The lowest BCUT2D eigenvalue weighted by atomic mass is 9.76. The summed E-state index contributed by atoms with van der Waals surface area (Å²) in [5.41, 5.74) is 1.20. The third-order valence-corrected chi connectivity index (χ3v) is 14.5. The average molecular weight is 419 g/mol. The van der Waals surface area contributed by atoms with Crippen LogP contribution in [0, 0.1) is 11.3 Å². The molecule has 3 aliphatic carbocycles. The molecule has 1 aromatic rings.